The standard InChI is InChI=1S/C20H28N4O10/c1-8-5-23(13-3-9(27)11(6-25)33-13)18(30)21-15(8)16-20(2,32)17(29)22-19(31)24(16)14-4-10(28)12(7-26)34-14/h5,9-14,16,25-28,32H,3-4,6-7H2,1-2H3,(H,22,29,31)/t9-,10-,11+,12+,13+,14+,16-,20+/m0/s1. The number of carbonyl (C=O) groups excluding carboxylic acids is 2. The fourth-order valence-corrected chi connectivity index (χ4v) is 4.66. The van der Waals surface area contributed by atoms with Crippen molar-refractivity contribution in [3.63, 3.8) is 0 Å². The summed E-state index contributed by atoms with van der Waals surface area (Å²) >= 11 is 0. The Bertz CT molecular complexity index is 1030. The van der Waals surface area contributed by atoms with Crippen molar-refractivity contribution in [3.8, 4) is 0 Å². The van der Waals surface area contributed by atoms with Crippen LogP contribution in [0.1, 0.15) is 43.3 Å². The monoisotopic (exact) mass is 484 g/mol. The van der Waals surface area contributed by atoms with Gasteiger partial charge in [-0.3, -0.25) is 19.6 Å². The Hall–Kier alpha value is -2.46. The van der Waals surface area contributed by atoms with E-state index >= 15 is 0 Å². The van der Waals surface area contributed by atoms with Crippen molar-refractivity contribution in [2.24, 2.45) is 0 Å². The normalized spacial score (nSPS) is 38.4. The highest BCUT2D eigenvalue weighted by Crippen LogP contribution is 2.40. The molecule has 14 nitrogen and oxygen atoms in total. The lowest BCUT2D eigenvalue weighted by Crippen LogP contribution is -2.67. The van der Waals surface area contributed by atoms with Gasteiger partial charge in [0.25, 0.3) is 5.91 Å². The molecule has 0 aromatic carbocycles. The van der Waals surface area contributed by atoms with E-state index in [2.05, 4.69) is 4.98 Å². The van der Waals surface area contributed by atoms with Crippen molar-refractivity contribution in [1.29, 1.82) is 0 Å². The lowest BCUT2D eigenvalue weighted by atomic mass is 9.87. The smallest absolute Gasteiger partial charge is 0.349 e. The minimum atomic E-state index is -2.22. The van der Waals surface area contributed by atoms with Gasteiger partial charge >= 0.3 is 11.7 Å². The molecule has 1 aromatic rings. The highest BCUT2D eigenvalue weighted by atomic mass is 16.6. The Morgan fingerprint density at radius 1 is 1.09 bits per heavy atom. The van der Waals surface area contributed by atoms with Crippen LogP contribution in [0.25, 0.3) is 0 Å². The van der Waals surface area contributed by atoms with Crippen molar-refractivity contribution in [2.75, 3.05) is 13.2 Å². The predicted molar refractivity (Wildman–Crippen MR) is 110 cm³/mol. The summed E-state index contributed by atoms with van der Waals surface area (Å²) in [7, 11) is 0. The van der Waals surface area contributed by atoms with Gasteiger partial charge in [0.05, 0.1) is 31.1 Å². The highest BCUT2D eigenvalue weighted by molar-refractivity contribution is 6.02. The first kappa shape index (κ1) is 24.7. The number of aliphatic hydroxyl groups is 5. The van der Waals surface area contributed by atoms with E-state index in [1.807, 2.05) is 5.32 Å². The van der Waals surface area contributed by atoms with Crippen molar-refractivity contribution in [3.05, 3.63) is 27.9 Å². The van der Waals surface area contributed by atoms with Crippen LogP contribution >= 0.6 is 0 Å². The molecule has 34 heavy (non-hydrogen) atoms. The van der Waals surface area contributed by atoms with Gasteiger partial charge in [-0.1, -0.05) is 0 Å². The topological polar surface area (TPSA) is 204 Å². The van der Waals surface area contributed by atoms with Crippen LogP contribution in [-0.4, -0.2) is 101 Å². The number of nitrogens with zero attached hydrogens (tertiary/aromatic N) is 3. The fraction of sp³-hybridized carbons (Fsp3) is 0.700. The molecule has 0 unspecified atom stereocenters. The zero-order valence-corrected chi connectivity index (χ0v) is 18.6. The maximum Gasteiger partial charge on any atom is 0.349 e. The quantitative estimate of drug-likeness (QED) is 0.248. The van der Waals surface area contributed by atoms with E-state index in [1.165, 1.54) is 6.20 Å². The molecule has 3 aliphatic heterocycles. The third-order valence-corrected chi connectivity index (χ3v) is 6.55. The lowest BCUT2D eigenvalue weighted by Gasteiger charge is -2.45. The van der Waals surface area contributed by atoms with Gasteiger partial charge in [0.1, 0.15) is 30.7 Å². The van der Waals surface area contributed by atoms with E-state index in [0.29, 0.717) is 5.56 Å². The Morgan fingerprint density at radius 3 is 2.21 bits per heavy atom. The molecule has 3 amide bonds. The molecule has 0 saturated carbocycles. The van der Waals surface area contributed by atoms with Crippen molar-refractivity contribution in [1.82, 2.24) is 19.8 Å². The summed E-state index contributed by atoms with van der Waals surface area (Å²) in [6.45, 7) is 1.77. The number of aromatic nitrogens is 2. The lowest BCUT2D eigenvalue weighted by molar-refractivity contribution is -0.159. The molecule has 6 N–H and O–H groups in total. The Labute approximate surface area is 193 Å². The molecule has 0 spiro atoms. The molecule has 188 valence electrons. The number of ether oxygens (including phenoxy) is 2. The number of carbonyl (C=O) groups is 2. The molecule has 1 aromatic heterocycles. The number of hydrogen-bond donors (Lipinski definition) is 6. The molecule has 0 bridgehead atoms. The van der Waals surface area contributed by atoms with Crippen LogP contribution < -0.4 is 11.0 Å². The molecule has 4 heterocycles. The number of aliphatic hydroxyl groups excluding tert-OH is 4. The van der Waals surface area contributed by atoms with E-state index < -0.39 is 79.4 Å². The van der Waals surface area contributed by atoms with Crippen molar-refractivity contribution < 1.29 is 44.6 Å². The van der Waals surface area contributed by atoms with E-state index in [0.717, 1.165) is 16.4 Å². The van der Waals surface area contributed by atoms with Gasteiger partial charge in [-0.05, 0) is 19.4 Å². The zero-order chi connectivity index (χ0) is 24.9. The van der Waals surface area contributed by atoms with E-state index in [9.17, 15) is 39.9 Å². The Morgan fingerprint density at radius 2 is 1.65 bits per heavy atom. The average molecular weight is 484 g/mol. The van der Waals surface area contributed by atoms with Gasteiger partial charge in [0.2, 0.25) is 0 Å². The summed E-state index contributed by atoms with van der Waals surface area (Å²) in [5, 5.41) is 52.0. The summed E-state index contributed by atoms with van der Waals surface area (Å²) in [5.41, 5.74) is -2.80. The predicted octanol–water partition coefficient (Wildman–Crippen LogP) is -3.00. The molecule has 0 radical (unpaired) electrons. The number of nitrogens with one attached hydrogen (secondary N) is 1. The molecular formula is C20H28N4O10. The molecule has 3 saturated heterocycles. The maximum atomic E-state index is 12.9. The first-order chi connectivity index (χ1) is 16.0. The number of amides is 3. The minimum Gasteiger partial charge on any atom is -0.394 e. The van der Waals surface area contributed by atoms with E-state index in [1.54, 1.807) is 6.92 Å². The number of urea groups is 1. The molecule has 0 aliphatic carbocycles. The second-order valence-corrected chi connectivity index (χ2v) is 8.95. The van der Waals surface area contributed by atoms with Crippen LogP contribution in [0.15, 0.2) is 11.0 Å². The summed E-state index contributed by atoms with van der Waals surface area (Å²) in [6, 6.07) is -2.37. The maximum absolute atomic E-state index is 12.9. The number of rotatable bonds is 5. The van der Waals surface area contributed by atoms with Gasteiger partial charge in [-0.2, -0.15) is 4.98 Å². The second-order valence-electron chi connectivity index (χ2n) is 8.95. The minimum absolute atomic E-state index is 0.0378. The van der Waals surface area contributed by atoms with Crippen LogP contribution in [0.5, 0.6) is 0 Å². The molecule has 3 aliphatic rings. The average Bonchev–Trinajstić information content (AvgIpc) is 3.33. The number of hydrogen-bond acceptors (Lipinski definition) is 11. The number of aryl methyl sites for hydroxylation is 1. The van der Waals surface area contributed by atoms with Gasteiger partial charge < -0.3 is 35.0 Å². The summed E-state index contributed by atoms with van der Waals surface area (Å²) < 4.78 is 12.2. The molecule has 14 heteroatoms. The van der Waals surface area contributed by atoms with Gasteiger partial charge in [-0.15, -0.1) is 0 Å². The van der Waals surface area contributed by atoms with E-state index in [4.69, 9.17) is 9.47 Å². The highest BCUT2D eigenvalue weighted by Gasteiger charge is 2.55. The molecule has 8 atom stereocenters. The summed E-state index contributed by atoms with van der Waals surface area (Å²) in [4.78, 5) is 43.3. The molecule has 3 fully saturated rings. The van der Waals surface area contributed by atoms with Crippen molar-refractivity contribution in [2.45, 2.75) is 75.2 Å². The van der Waals surface area contributed by atoms with Gasteiger partial charge in [0, 0.05) is 19.0 Å². The van der Waals surface area contributed by atoms with Gasteiger partial charge in [0.15, 0.2) is 5.60 Å². The third kappa shape index (κ3) is 4.00. The van der Waals surface area contributed by atoms with Crippen LogP contribution in [0.2, 0.25) is 0 Å². The van der Waals surface area contributed by atoms with Crippen LogP contribution in [-0.2, 0) is 14.3 Å². The SMILES string of the molecule is Cc1cn([C@H]2C[C@H](O)[C@@H](CO)O2)c(=O)nc1[C@@H]1N([C@H]2C[C@H](O)[C@@H](CO)O2)C(=O)NC(=O)[C@]1(C)O. The first-order valence-electron chi connectivity index (χ1n) is 10.8. The summed E-state index contributed by atoms with van der Waals surface area (Å²) in [5.74, 6) is -1.01. The van der Waals surface area contributed by atoms with Crippen LogP contribution in [0.3, 0.4) is 0 Å². The summed E-state index contributed by atoms with van der Waals surface area (Å²) in [6.07, 6.45) is -4.64. The molecular weight excluding hydrogens is 456 g/mol. The zero-order valence-electron chi connectivity index (χ0n) is 18.6. The van der Waals surface area contributed by atoms with Crippen LogP contribution in [0.4, 0.5) is 4.79 Å². The third-order valence-electron chi connectivity index (χ3n) is 6.55. The Kier molecular flexibility index (Phi) is 6.50. The van der Waals surface area contributed by atoms with E-state index in [-0.39, 0.29) is 18.5 Å². The van der Waals surface area contributed by atoms with Gasteiger partial charge in [-0.25, -0.2) is 9.59 Å². The second kappa shape index (κ2) is 8.96. The fourth-order valence-electron chi connectivity index (χ4n) is 4.66. The first-order valence-corrected chi connectivity index (χ1v) is 10.8. The number of imide groups is 1. The van der Waals surface area contributed by atoms with Crippen LogP contribution in [0, 0.1) is 6.92 Å². The Balaban J connectivity index is 1.75. The van der Waals surface area contributed by atoms with Crippen molar-refractivity contribution >= 4 is 11.9 Å². The largest absolute Gasteiger partial charge is 0.394 e. The molecule has 4 rings (SSSR count).